The molecule has 0 spiro atoms. The highest BCUT2D eigenvalue weighted by Crippen LogP contribution is 2.37. The lowest BCUT2D eigenvalue weighted by Gasteiger charge is -2.17. The smallest absolute Gasteiger partial charge is 0.258 e. The molecule has 0 saturated carbocycles. The summed E-state index contributed by atoms with van der Waals surface area (Å²) in [4.78, 5) is 14.5. The molecule has 0 fully saturated rings. The van der Waals surface area contributed by atoms with Gasteiger partial charge in [0, 0.05) is 17.5 Å². The summed E-state index contributed by atoms with van der Waals surface area (Å²) in [6.45, 7) is 1.26. The minimum atomic E-state index is 0.0940. The van der Waals surface area contributed by atoms with Crippen molar-refractivity contribution < 1.29 is 9.53 Å². The van der Waals surface area contributed by atoms with Crippen LogP contribution >= 0.6 is 0 Å². The standard InChI is InChI=1S/C20H17NO2/c22-20-17-11-4-7-15-8-5-12-18(19(15)17)21(20)13-6-14-23-16-9-2-1-3-10-16/h1-5,7-12H,6,13-14H2. The Bertz CT molecular complexity index is 853. The first-order valence-corrected chi connectivity index (χ1v) is 7.86. The molecule has 3 aromatic rings. The Labute approximate surface area is 135 Å². The number of carbonyl (C=O) groups is 1. The van der Waals surface area contributed by atoms with Crippen LogP contribution in [-0.2, 0) is 0 Å². The zero-order valence-electron chi connectivity index (χ0n) is 12.7. The number of benzene rings is 3. The molecule has 0 aromatic heterocycles. The van der Waals surface area contributed by atoms with Crippen LogP contribution < -0.4 is 9.64 Å². The summed E-state index contributed by atoms with van der Waals surface area (Å²) in [7, 11) is 0. The monoisotopic (exact) mass is 303 g/mol. The van der Waals surface area contributed by atoms with Crippen LogP contribution in [0.5, 0.6) is 5.75 Å². The van der Waals surface area contributed by atoms with Crippen LogP contribution in [0, 0.1) is 0 Å². The number of nitrogens with zero attached hydrogens (tertiary/aromatic N) is 1. The number of hydrogen-bond acceptors (Lipinski definition) is 2. The molecule has 1 aliphatic heterocycles. The number of amides is 1. The van der Waals surface area contributed by atoms with Crippen molar-refractivity contribution in [2.45, 2.75) is 6.42 Å². The van der Waals surface area contributed by atoms with Crippen LogP contribution in [0.3, 0.4) is 0 Å². The van der Waals surface area contributed by atoms with Gasteiger partial charge in [-0.05, 0) is 36.1 Å². The van der Waals surface area contributed by atoms with E-state index >= 15 is 0 Å². The minimum Gasteiger partial charge on any atom is -0.494 e. The molecule has 0 aliphatic carbocycles. The van der Waals surface area contributed by atoms with E-state index in [0.717, 1.165) is 34.2 Å². The molecular weight excluding hydrogens is 286 g/mol. The fraction of sp³-hybridized carbons (Fsp3) is 0.150. The van der Waals surface area contributed by atoms with E-state index in [1.54, 1.807) is 0 Å². The van der Waals surface area contributed by atoms with Gasteiger partial charge in [0.25, 0.3) is 5.91 Å². The maximum atomic E-state index is 12.6. The third kappa shape index (κ3) is 2.44. The molecule has 23 heavy (non-hydrogen) atoms. The second kappa shape index (κ2) is 5.76. The van der Waals surface area contributed by atoms with Gasteiger partial charge in [0.15, 0.2) is 0 Å². The molecule has 0 radical (unpaired) electrons. The van der Waals surface area contributed by atoms with Crippen molar-refractivity contribution in [3.8, 4) is 5.75 Å². The van der Waals surface area contributed by atoms with Crippen molar-refractivity contribution in [2.75, 3.05) is 18.1 Å². The summed E-state index contributed by atoms with van der Waals surface area (Å²) in [6.07, 6.45) is 0.797. The first kappa shape index (κ1) is 13.8. The second-order valence-corrected chi connectivity index (χ2v) is 5.65. The summed E-state index contributed by atoms with van der Waals surface area (Å²) in [6, 6.07) is 21.8. The fourth-order valence-corrected chi connectivity index (χ4v) is 3.13. The quantitative estimate of drug-likeness (QED) is 0.659. The lowest BCUT2D eigenvalue weighted by molar-refractivity contribution is 0.0992. The van der Waals surface area contributed by atoms with Crippen molar-refractivity contribution >= 4 is 22.4 Å². The van der Waals surface area contributed by atoms with E-state index in [2.05, 4.69) is 12.1 Å². The maximum Gasteiger partial charge on any atom is 0.258 e. The predicted octanol–water partition coefficient (Wildman–Crippen LogP) is 4.27. The highest BCUT2D eigenvalue weighted by Gasteiger charge is 2.28. The number of ether oxygens (including phenoxy) is 1. The summed E-state index contributed by atoms with van der Waals surface area (Å²) in [5.41, 5.74) is 1.82. The molecule has 1 aliphatic rings. The average molecular weight is 303 g/mol. The molecule has 1 amide bonds. The van der Waals surface area contributed by atoms with Crippen LogP contribution in [0.4, 0.5) is 5.69 Å². The molecule has 0 unspecified atom stereocenters. The lowest BCUT2D eigenvalue weighted by atomic mass is 10.1. The summed E-state index contributed by atoms with van der Waals surface area (Å²) >= 11 is 0. The molecule has 3 heteroatoms. The molecule has 4 rings (SSSR count). The highest BCUT2D eigenvalue weighted by atomic mass is 16.5. The van der Waals surface area contributed by atoms with E-state index in [1.165, 1.54) is 0 Å². The Morgan fingerprint density at radius 3 is 2.48 bits per heavy atom. The van der Waals surface area contributed by atoms with Gasteiger partial charge in [0.05, 0.1) is 12.3 Å². The van der Waals surface area contributed by atoms with Crippen molar-refractivity contribution in [3.05, 3.63) is 72.3 Å². The Balaban J connectivity index is 1.47. The van der Waals surface area contributed by atoms with E-state index in [1.807, 2.05) is 59.5 Å². The van der Waals surface area contributed by atoms with Gasteiger partial charge in [-0.25, -0.2) is 0 Å². The topological polar surface area (TPSA) is 29.5 Å². The first-order chi connectivity index (χ1) is 11.3. The zero-order chi connectivity index (χ0) is 15.6. The number of carbonyl (C=O) groups excluding carboxylic acids is 1. The third-order valence-corrected chi connectivity index (χ3v) is 4.19. The molecule has 0 saturated heterocycles. The predicted molar refractivity (Wildman–Crippen MR) is 92.2 cm³/mol. The van der Waals surface area contributed by atoms with Crippen molar-refractivity contribution in [1.29, 1.82) is 0 Å². The Kier molecular flexibility index (Phi) is 3.46. The Morgan fingerprint density at radius 1 is 0.870 bits per heavy atom. The van der Waals surface area contributed by atoms with Gasteiger partial charge in [-0.15, -0.1) is 0 Å². The summed E-state index contributed by atoms with van der Waals surface area (Å²) < 4.78 is 5.71. The van der Waals surface area contributed by atoms with Gasteiger partial charge in [-0.2, -0.15) is 0 Å². The first-order valence-electron chi connectivity index (χ1n) is 7.86. The van der Waals surface area contributed by atoms with Crippen LogP contribution in [0.2, 0.25) is 0 Å². The molecule has 1 heterocycles. The van der Waals surface area contributed by atoms with E-state index < -0.39 is 0 Å². The fourth-order valence-electron chi connectivity index (χ4n) is 3.13. The van der Waals surface area contributed by atoms with Crippen molar-refractivity contribution in [2.24, 2.45) is 0 Å². The number of para-hydroxylation sites is 1. The molecule has 0 atom stereocenters. The number of rotatable bonds is 5. The molecule has 0 N–H and O–H groups in total. The van der Waals surface area contributed by atoms with Crippen molar-refractivity contribution in [3.63, 3.8) is 0 Å². The van der Waals surface area contributed by atoms with E-state index in [0.29, 0.717) is 13.2 Å². The Hall–Kier alpha value is -2.81. The summed E-state index contributed by atoms with van der Waals surface area (Å²) in [5.74, 6) is 0.960. The zero-order valence-corrected chi connectivity index (χ0v) is 12.7. The lowest BCUT2D eigenvalue weighted by Crippen LogP contribution is -2.28. The highest BCUT2D eigenvalue weighted by molar-refractivity contribution is 6.24. The van der Waals surface area contributed by atoms with Crippen LogP contribution in [0.25, 0.3) is 10.8 Å². The Morgan fingerprint density at radius 2 is 1.65 bits per heavy atom. The SMILES string of the molecule is O=C1c2cccc3cccc(c23)N1CCCOc1ccccc1. The molecule has 114 valence electrons. The van der Waals surface area contributed by atoms with Crippen molar-refractivity contribution in [1.82, 2.24) is 0 Å². The molecule has 3 aromatic carbocycles. The third-order valence-electron chi connectivity index (χ3n) is 4.19. The molecule has 0 bridgehead atoms. The number of hydrogen-bond donors (Lipinski definition) is 0. The van der Waals surface area contributed by atoms with Crippen LogP contribution in [0.15, 0.2) is 66.7 Å². The van der Waals surface area contributed by atoms with E-state index in [-0.39, 0.29) is 5.91 Å². The molecular formula is C20H17NO2. The normalized spacial score (nSPS) is 12.9. The largest absolute Gasteiger partial charge is 0.494 e. The van der Waals surface area contributed by atoms with Gasteiger partial charge in [-0.3, -0.25) is 4.79 Å². The van der Waals surface area contributed by atoms with Crippen LogP contribution in [-0.4, -0.2) is 19.1 Å². The minimum absolute atomic E-state index is 0.0940. The molecule has 3 nitrogen and oxygen atoms in total. The summed E-state index contributed by atoms with van der Waals surface area (Å²) in [5, 5.41) is 2.19. The average Bonchev–Trinajstić information content (AvgIpc) is 2.87. The number of anilines is 1. The maximum absolute atomic E-state index is 12.6. The van der Waals surface area contributed by atoms with Gasteiger partial charge in [-0.1, -0.05) is 42.5 Å². The van der Waals surface area contributed by atoms with Gasteiger partial charge in [0.1, 0.15) is 5.75 Å². The van der Waals surface area contributed by atoms with Gasteiger partial charge in [0.2, 0.25) is 0 Å². The van der Waals surface area contributed by atoms with E-state index in [9.17, 15) is 4.79 Å². The van der Waals surface area contributed by atoms with E-state index in [4.69, 9.17) is 4.74 Å². The van der Waals surface area contributed by atoms with Gasteiger partial charge < -0.3 is 9.64 Å². The second-order valence-electron chi connectivity index (χ2n) is 5.65. The van der Waals surface area contributed by atoms with Gasteiger partial charge >= 0.3 is 0 Å². The van der Waals surface area contributed by atoms with Crippen LogP contribution in [0.1, 0.15) is 16.8 Å².